The standard InChI is InChI=1S/C21H21N3O8/c1-30-17-10-13(16(24(28)29)11-18(17)31-2)21(27)32-12-19(25)22-14-6-3-4-7-15(14)23-9-5-8-20(23)26/h3-4,6-7,10-11H,5,8-9,12H2,1-2H3,(H,22,25). The van der Waals surface area contributed by atoms with Gasteiger partial charge in [-0.25, -0.2) is 4.79 Å². The van der Waals surface area contributed by atoms with Gasteiger partial charge in [-0.15, -0.1) is 0 Å². The number of nitro benzene ring substituents is 1. The summed E-state index contributed by atoms with van der Waals surface area (Å²) in [6, 6.07) is 8.92. The Morgan fingerprint density at radius 1 is 1.16 bits per heavy atom. The lowest BCUT2D eigenvalue weighted by Crippen LogP contribution is -2.27. The first kappa shape index (κ1) is 22.5. The van der Waals surface area contributed by atoms with Gasteiger partial charge in [-0.3, -0.25) is 19.7 Å². The van der Waals surface area contributed by atoms with Crippen molar-refractivity contribution in [3.8, 4) is 11.5 Å². The van der Waals surface area contributed by atoms with Gasteiger partial charge in [0.15, 0.2) is 18.1 Å². The fraction of sp³-hybridized carbons (Fsp3) is 0.286. The van der Waals surface area contributed by atoms with Gasteiger partial charge in [-0.05, 0) is 18.6 Å². The molecule has 0 aliphatic carbocycles. The monoisotopic (exact) mass is 443 g/mol. The van der Waals surface area contributed by atoms with Crippen molar-refractivity contribution in [3.63, 3.8) is 0 Å². The molecule has 0 bridgehead atoms. The molecule has 1 N–H and O–H groups in total. The minimum absolute atomic E-state index is 0.0427. The summed E-state index contributed by atoms with van der Waals surface area (Å²) in [5.74, 6) is -1.62. The van der Waals surface area contributed by atoms with Crippen LogP contribution in [0.15, 0.2) is 36.4 Å². The Labute approximate surface area is 183 Å². The van der Waals surface area contributed by atoms with Crippen molar-refractivity contribution >= 4 is 34.8 Å². The second-order valence-electron chi connectivity index (χ2n) is 6.77. The van der Waals surface area contributed by atoms with Crippen LogP contribution in [0.4, 0.5) is 17.1 Å². The number of para-hydroxylation sites is 2. The largest absolute Gasteiger partial charge is 0.493 e. The molecular weight excluding hydrogens is 422 g/mol. The molecule has 2 aromatic rings. The Bertz CT molecular complexity index is 1070. The molecular formula is C21H21N3O8. The molecule has 0 unspecified atom stereocenters. The van der Waals surface area contributed by atoms with Gasteiger partial charge < -0.3 is 24.4 Å². The number of methoxy groups -OCH3 is 2. The van der Waals surface area contributed by atoms with Crippen molar-refractivity contribution in [3.05, 3.63) is 52.1 Å². The molecule has 11 heteroatoms. The number of hydrogen-bond acceptors (Lipinski definition) is 8. The number of carbonyl (C=O) groups excluding carboxylic acids is 3. The molecule has 2 aromatic carbocycles. The average molecular weight is 443 g/mol. The molecule has 0 saturated carbocycles. The van der Waals surface area contributed by atoms with Gasteiger partial charge in [0.05, 0.1) is 36.6 Å². The van der Waals surface area contributed by atoms with E-state index in [2.05, 4.69) is 5.32 Å². The summed E-state index contributed by atoms with van der Waals surface area (Å²) in [6.45, 7) is -0.143. The first-order valence-electron chi connectivity index (χ1n) is 9.62. The lowest BCUT2D eigenvalue weighted by atomic mass is 10.1. The van der Waals surface area contributed by atoms with Gasteiger partial charge in [0, 0.05) is 19.0 Å². The molecule has 1 heterocycles. The van der Waals surface area contributed by atoms with Gasteiger partial charge in [0.1, 0.15) is 5.56 Å². The second-order valence-corrected chi connectivity index (χ2v) is 6.77. The van der Waals surface area contributed by atoms with E-state index >= 15 is 0 Å². The van der Waals surface area contributed by atoms with E-state index in [1.807, 2.05) is 0 Å². The highest BCUT2D eigenvalue weighted by atomic mass is 16.6. The first-order chi connectivity index (χ1) is 15.3. The molecule has 1 saturated heterocycles. The summed E-state index contributed by atoms with van der Waals surface area (Å²) >= 11 is 0. The number of ether oxygens (including phenoxy) is 3. The number of benzene rings is 2. The molecule has 3 rings (SSSR count). The zero-order valence-electron chi connectivity index (χ0n) is 17.5. The molecule has 0 aromatic heterocycles. The maximum absolute atomic E-state index is 12.5. The van der Waals surface area contributed by atoms with Crippen molar-refractivity contribution in [1.82, 2.24) is 0 Å². The van der Waals surface area contributed by atoms with E-state index in [1.165, 1.54) is 14.2 Å². The lowest BCUT2D eigenvalue weighted by molar-refractivity contribution is -0.385. The molecule has 32 heavy (non-hydrogen) atoms. The van der Waals surface area contributed by atoms with Crippen molar-refractivity contribution in [2.24, 2.45) is 0 Å². The van der Waals surface area contributed by atoms with E-state index in [1.54, 1.807) is 29.2 Å². The molecule has 2 amide bonds. The summed E-state index contributed by atoms with van der Waals surface area (Å²) in [7, 11) is 2.62. The van der Waals surface area contributed by atoms with Gasteiger partial charge in [0.2, 0.25) is 5.91 Å². The Hall–Kier alpha value is -4.15. The third-order valence-corrected chi connectivity index (χ3v) is 4.80. The molecule has 0 spiro atoms. The lowest BCUT2D eigenvalue weighted by Gasteiger charge is -2.19. The Morgan fingerprint density at radius 3 is 2.47 bits per heavy atom. The summed E-state index contributed by atoms with van der Waals surface area (Å²) in [4.78, 5) is 49.0. The zero-order chi connectivity index (χ0) is 23.3. The van der Waals surface area contributed by atoms with Crippen LogP contribution in [0.3, 0.4) is 0 Å². The fourth-order valence-corrected chi connectivity index (χ4v) is 3.30. The summed E-state index contributed by atoms with van der Waals surface area (Å²) in [5, 5.41) is 14.0. The van der Waals surface area contributed by atoms with E-state index in [4.69, 9.17) is 14.2 Å². The zero-order valence-corrected chi connectivity index (χ0v) is 17.5. The van der Waals surface area contributed by atoms with E-state index < -0.39 is 29.1 Å². The molecule has 1 aliphatic rings. The number of nitrogens with zero attached hydrogens (tertiary/aromatic N) is 2. The van der Waals surface area contributed by atoms with E-state index in [0.29, 0.717) is 24.3 Å². The third kappa shape index (κ3) is 4.77. The van der Waals surface area contributed by atoms with Gasteiger partial charge in [0.25, 0.3) is 11.6 Å². The third-order valence-electron chi connectivity index (χ3n) is 4.80. The number of rotatable bonds is 8. The van der Waals surface area contributed by atoms with Crippen LogP contribution < -0.4 is 19.7 Å². The summed E-state index contributed by atoms with van der Waals surface area (Å²) in [6.07, 6.45) is 1.16. The highest BCUT2D eigenvalue weighted by Gasteiger charge is 2.27. The number of anilines is 2. The number of hydrogen-bond donors (Lipinski definition) is 1. The van der Waals surface area contributed by atoms with E-state index in [0.717, 1.165) is 18.6 Å². The van der Waals surface area contributed by atoms with Crippen LogP contribution in [0.1, 0.15) is 23.2 Å². The van der Waals surface area contributed by atoms with E-state index in [-0.39, 0.29) is 23.0 Å². The highest BCUT2D eigenvalue weighted by molar-refractivity contribution is 6.03. The van der Waals surface area contributed by atoms with Crippen LogP contribution in [0, 0.1) is 10.1 Å². The number of carbonyl (C=O) groups is 3. The van der Waals surface area contributed by atoms with Crippen molar-refractivity contribution in [2.75, 3.05) is 37.6 Å². The maximum Gasteiger partial charge on any atom is 0.345 e. The Morgan fingerprint density at radius 2 is 1.84 bits per heavy atom. The smallest absolute Gasteiger partial charge is 0.345 e. The summed E-state index contributed by atoms with van der Waals surface area (Å²) in [5.41, 5.74) is 0.000523. The first-order valence-corrected chi connectivity index (χ1v) is 9.62. The molecule has 0 radical (unpaired) electrons. The van der Waals surface area contributed by atoms with Crippen LogP contribution in [0.2, 0.25) is 0 Å². The SMILES string of the molecule is COc1cc(C(=O)OCC(=O)Nc2ccccc2N2CCCC2=O)c([N+](=O)[O-])cc1OC. The number of nitrogens with one attached hydrogen (secondary N) is 1. The minimum Gasteiger partial charge on any atom is -0.493 e. The Balaban J connectivity index is 1.72. The number of nitro groups is 1. The van der Waals surface area contributed by atoms with Crippen LogP contribution in [-0.4, -0.2) is 50.1 Å². The Kier molecular flexibility index (Phi) is 6.88. The average Bonchev–Trinajstić information content (AvgIpc) is 3.22. The minimum atomic E-state index is -1.07. The number of amides is 2. The van der Waals surface area contributed by atoms with Gasteiger partial charge in [-0.1, -0.05) is 12.1 Å². The topological polar surface area (TPSA) is 137 Å². The second kappa shape index (κ2) is 9.77. The molecule has 0 atom stereocenters. The highest BCUT2D eigenvalue weighted by Crippen LogP contribution is 2.35. The van der Waals surface area contributed by atoms with Crippen LogP contribution in [0.25, 0.3) is 0 Å². The summed E-state index contributed by atoms with van der Waals surface area (Å²) < 4.78 is 15.1. The normalized spacial score (nSPS) is 12.9. The van der Waals surface area contributed by atoms with Gasteiger partial charge >= 0.3 is 5.97 Å². The van der Waals surface area contributed by atoms with Crippen LogP contribution >= 0.6 is 0 Å². The molecule has 11 nitrogen and oxygen atoms in total. The molecule has 168 valence electrons. The molecule has 1 fully saturated rings. The maximum atomic E-state index is 12.5. The van der Waals surface area contributed by atoms with Crippen molar-refractivity contribution in [1.29, 1.82) is 0 Å². The van der Waals surface area contributed by atoms with Crippen LogP contribution in [-0.2, 0) is 14.3 Å². The van der Waals surface area contributed by atoms with Gasteiger partial charge in [-0.2, -0.15) is 0 Å². The fourth-order valence-electron chi connectivity index (χ4n) is 3.30. The predicted molar refractivity (Wildman–Crippen MR) is 113 cm³/mol. The van der Waals surface area contributed by atoms with Crippen molar-refractivity contribution in [2.45, 2.75) is 12.8 Å². The van der Waals surface area contributed by atoms with Crippen molar-refractivity contribution < 1.29 is 33.5 Å². The van der Waals surface area contributed by atoms with E-state index in [9.17, 15) is 24.5 Å². The number of esters is 1. The van der Waals surface area contributed by atoms with Crippen LogP contribution in [0.5, 0.6) is 11.5 Å². The predicted octanol–water partition coefficient (Wildman–Crippen LogP) is 2.53. The quantitative estimate of drug-likeness (QED) is 0.373. The molecule has 1 aliphatic heterocycles.